The molecule has 28 heavy (non-hydrogen) atoms. The maximum atomic E-state index is 12.7. The third kappa shape index (κ3) is 4.58. The van der Waals surface area contributed by atoms with Crippen molar-refractivity contribution in [1.82, 2.24) is 15.6 Å². The highest BCUT2D eigenvalue weighted by atomic mass is 16.5. The number of carbonyl (C=O) groups excluding carboxylic acids is 2. The molecule has 148 valence electrons. The van der Waals surface area contributed by atoms with Crippen molar-refractivity contribution in [3.63, 3.8) is 0 Å². The summed E-state index contributed by atoms with van der Waals surface area (Å²) in [6.45, 7) is 0.293. The van der Waals surface area contributed by atoms with Gasteiger partial charge in [-0.15, -0.1) is 0 Å². The molecule has 1 aromatic heterocycles. The quantitative estimate of drug-likeness (QED) is 0.738. The first kappa shape index (κ1) is 19.6. The second-order valence-corrected chi connectivity index (χ2v) is 6.29. The van der Waals surface area contributed by atoms with Crippen LogP contribution in [0.4, 0.5) is 0 Å². The molecule has 2 heterocycles. The van der Waals surface area contributed by atoms with Gasteiger partial charge >= 0.3 is 0 Å². The second kappa shape index (κ2) is 9.18. The number of hydrogen-bond donors (Lipinski definition) is 2. The molecule has 3 rings (SSSR count). The summed E-state index contributed by atoms with van der Waals surface area (Å²) in [6.07, 6.45) is 3.26. The number of benzene rings is 1. The van der Waals surface area contributed by atoms with Gasteiger partial charge < -0.3 is 24.8 Å². The highest BCUT2D eigenvalue weighted by Crippen LogP contribution is 2.32. The molecule has 2 aromatic rings. The third-order valence-corrected chi connectivity index (χ3v) is 4.50. The summed E-state index contributed by atoms with van der Waals surface area (Å²) in [7, 11) is 3.07. The number of hydrogen-bond acceptors (Lipinski definition) is 6. The minimum atomic E-state index is -0.840. The van der Waals surface area contributed by atoms with Crippen LogP contribution in [0.25, 0.3) is 0 Å². The van der Waals surface area contributed by atoms with Crippen LogP contribution in [0.2, 0.25) is 0 Å². The standard InChI is InChI=1S/C20H23N3O5/c1-26-15-4-3-14(11-16(15)27-2)18-19(28-12-17(24)23-18)20(25)22-10-7-13-5-8-21-9-6-13/h3-6,8-9,11,18-19H,7,10,12H2,1-2H3,(H,22,25)(H,23,24)/t18-,19+/m1/s1. The van der Waals surface area contributed by atoms with Crippen molar-refractivity contribution in [3.8, 4) is 11.5 Å². The van der Waals surface area contributed by atoms with E-state index in [0.717, 1.165) is 5.56 Å². The highest BCUT2D eigenvalue weighted by molar-refractivity contribution is 5.86. The monoisotopic (exact) mass is 385 g/mol. The Labute approximate surface area is 163 Å². The number of amides is 2. The number of morpholine rings is 1. The van der Waals surface area contributed by atoms with E-state index in [1.54, 1.807) is 37.7 Å². The van der Waals surface area contributed by atoms with Crippen molar-refractivity contribution < 1.29 is 23.8 Å². The maximum Gasteiger partial charge on any atom is 0.251 e. The lowest BCUT2D eigenvalue weighted by atomic mass is 9.98. The average Bonchev–Trinajstić information content (AvgIpc) is 2.73. The van der Waals surface area contributed by atoms with E-state index in [1.165, 1.54) is 7.11 Å². The number of aromatic nitrogens is 1. The van der Waals surface area contributed by atoms with Crippen LogP contribution in [0.15, 0.2) is 42.7 Å². The minimum absolute atomic E-state index is 0.160. The van der Waals surface area contributed by atoms with Crippen LogP contribution in [0, 0.1) is 0 Å². The van der Waals surface area contributed by atoms with Gasteiger partial charge in [0.25, 0.3) is 5.91 Å². The highest BCUT2D eigenvalue weighted by Gasteiger charge is 2.36. The van der Waals surface area contributed by atoms with Gasteiger partial charge in [-0.2, -0.15) is 0 Å². The molecule has 0 unspecified atom stereocenters. The Balaban J connectivity index is 1.71. The third-order valence-electron chi connectivity index (χ3n) is 4.50. The summed E-state index contributed by atoms with van der Waals surface area (Å²) in [4.78, 5) is 28.5. The Morgan fingerprint density at radius 1 is 1.21 bits per heavy atom. The molecule has 2 N–H and O–H groups in total. The number of pyridine rings is 1. The first-order valence-corrected chi connectivity index (χ1v) is 8.92. The Morgan fingerprint density at radius 3 is 2.68 bits per heavy atom. The summed E-state index contributed by atoms with van der Waals surface area (Å²) < 4.78 is 16.1. The molecule has 0 radical (unpaired) electrons. The van der Waals surface area contributed by atoms with Gasteiger partial charge in [0.2, 0.25) is 5.91 Å². The van der Waals surface area contributed by atoms with Crippen molar-refractivity contribution in [1.29, 1.82) is 0 Å². The van der Waals surface area contributed by atoms with Crippen molar-refractivity contribution in [2.75, 3.05) is 27.4 Å². The predicted octanol–water partition coefficient (Wildman–Crippen LogP) is 1.01. The minimum Gasteiger partial charge on any atom is -0.493 e. The summed E-state index contributed by atoms with van der Waals surface area (Å²) in [5.74, 6) is 0.513. The van der Waals surface area contributed by atoms with E-state index < -0.39 is 12.1 Å². The van der Waals surface area contributed by atoms with Crippen LogP contribution in [-0.4, -0.2) is 50.3 Å². The van der Waals surface area contributed by atoms with Gasteiger partial charge in [0.15, 0.2) is 17.6 Å². The molecule has 1 aliphatic rings. The molecule has 0 saturated carbocycles. The van der Waals surface area contributed by atoms with Crippen LogP contribution in [0.3, 0.4) is 0 Å². The van der Waals surface area contributed by atoms with Gasteiger partial charge in [-0.1, -0.05) is 6.07 Å². The smallest absolute Gasteiger partial charge is 0.251 e. The number of nitrogens with one attached hydrogen (secondary N) is 2. The molecule has 1 saturated heterocycles. The van der Waals surface area contributed by atoms with Gasteiger partial charge in [-0.25, -0.2) is 0 Å². The van der Waals surface area contributed by atoms with E-state index in [2.05, 4.69) is 15.6 Å². The lowest BCUT2D eigenvalue weighted by Crippen LogP contribution is -2.52. The van der Waals surface area contributed by atoms with E-state index >= 15 is 0 Å². The lowest BCUT2D eigenvalue weighted by molar-refractivity contribution is -0.148. The molecule has 2 atom stereocenters. The normalized spacial score (nSPS) is 18.9. The Kier molecular flexibility index (Phi) is 6.44. The van der Waals surface area contributed by atoms with Gasteiger partial charge in [-0.3, -0.25) is 14.6 Å². The van der Waals surface area contributed by atoms with Crippen LogP contribution in [-0.2, 0) is 20.7 Å². The lowest BCUT2D eigenvalue weighted by Gasteiger charge is -2.32. The van der Waals surface area contributed by atoms with E-state index in [0.29, 0.717) is 30.0 Å². The molecule has 1 aromatic carbocycles. The fourth-order valence-corrected chi connectivity index (χ4v) is 3.06. The number of carbonyl (C=O) groups is 2. The summed E-state index contributed by atoms with van der Waals surface area (Å²) in [6, 6.07) is 8.41. The van der Waals surface area contributed by atoms with E-state index in [9.17, 15) is 9.59 Å². The fraction of sp³-hybridized carbons (Fsp3) is 0.350. The second-order valence-electron chi connectivity index (χ2n) is 6.29. The first-order chi connectivity index (χ1) is 13.6. The Hall–Kier alpha value is -3.13. The van der Waals surface area contributed by atoms with Gasteiger partial charge in [0, 0.05) is 18.9 Å². The molecule has 8 nitrogen and oxygen atoms in total. The Bertz CT molecular complexity index is 828. The summed E-state index contributed by atoms with van der Waals surface area (Å²) >= 11 is 0. The zero-order chi connectivity index (χ0) is 19.9. The average molecular weight is 385 g/mol. The van der Waals surface area contributed by atoms with Crippen molar-refractivity contribution in [2.45, 2.75) is 18.6 Å². The number of ether oxygens (including phenoxy) is 3. The van der Waals surface area contributed by atoms with Crippen LogP contribution in [0.1, 0.15) is 17.2 Å². The van der Waals surface area contributed by atoms with Gasteiger partial charge in [0.05, 0.1) is 20.3 Å². The first-order valence-electron chi connectivity index (χ1n) is 8.92. The molecule has 8 heteroatoms. The molecular weight excluding hydrogens is 362 g/mol. The van der Waals surface area contributed by atoms with E-state index in [1.807, 2.05) is 12.1 Å². The summed E-state index contributed by atoms with van der Waals surface area (Å²) in [5.41, 5.74) is 1.77. The fourth-order valence-electron chi connectivity index (χ4n) is 3.06. The van der Waals surface area contributed by atoms with Crippen molar-refractivity contribution in [2.24, 2.45) is 0 Å². The SMILES string of the molecule is COc1ccc([C@H]2NC(=O)CO[C@@H]2C(=O)NCCc2ccncc2)cc1OC. The predicted molar refractivity (Wildman–Crippen MR) is 101 cm³/mol. The van der Waals surface area contributed by atoms with E-state index in [4.69, 9.17) is 14.2 Å². The van der Waals surface area contributed by atoms with Crippen LogP contribution >= 0.6 is 0 Å². The largest absolute Gasteiger partial charge is 0.493 e. The Morgan fingerprint density at radius 2 is 1.96 bits per heavy atom. The number of nitrogens with zero attached hydrogens (tertiary/aromatic N) is 1. The molecule has 0 aliphatic carbocycles. The molecule has 1 aliphatic heterocycles. The number of rotatable bonds is 7. The summed E-state index contributed by atoms with van der Waals surface area (Å²) in [5, 5.41) is 5.71. The van der Waals surface area contributed by atoms with Crippen molar-refractivity contribution in [3.05, 3.63) is 53.9 Å². The zero-order valence-electron chi connectivity index (χ0n) is 15.8. The zero-order valence-corrected chi connectivity index (χ0v) is 15.8. The molecule has 0 spiro atoms. The van der Waals surface area contributed by atoms with Gasteiger partial charge in [0.1, 0.15) is 6.61 Å². The van der Waals surface area contributed by atoms with Crippen LogP contribution < -0.4 is 20.1 Å². The molecular formula is C20H23N3O5. The maximum absolute atomic E-state index is 12.7. The van der Waals surface area contributed by atoms with Crippen LogP contribution in [0.5, 0.6) is 11.5 Å². The van der Waals surface area contributed by atoms with Gasteiger partial charge in [-0.05, 0) is 41.8 Å². The van der Waals surface area contributed by atoms with E-state index in [-0.39, 0.29) is 18.4 Å². The molecule has 0 bridgehead atoms. The molecule has 1 fully saturated rings. The topological polar surface area (TPSA) is 98.8 Å². The number of methoxy groups -OCH3 is 2. The van der Waals surface area contributed by atoms with Crippen molar-refractivity contribution >= 4 is 11.8 Å². The molecule has 2 amide bonds.